The fraction of sp³-hybridized carbons (Fsp3) is 0.474. The molecule has 1 aromatic carbocycles. The van der Waals surface area contributed by atoms with Gasteiger partial charge < -0.3 is 14.0 Å². The van der Waals surface area contributed by atoms with Gasteiger partial charge in [0.05, 0.1) is 25.8 Å². The van der Waals surface area contributed by atoms with Gasteiger partial charge in [0.25, 0.3) is 5.56 Å². The summed E-state index contributed by atoms with van der Waals surface area (Å²) in [4.78, 5) is 26.3. The van der Waals surface area contributed by atoms with E-state index in [1.807, 2.05) is 0 Å². The first-order valence-electron chi connectivity index (χ1n) is 9.02. The molecular formula is C19H23ClN2O5. The van der Waals surface area contributed by atoms with E-state index in [0.717, 1.165) is 18.7 Å². The lowest BCUT2D eigenvalue weighted by Gasteiger charge is -2.30. The molecule has 3 rings (SSSR count). The number of carbonyl (C=O) groups is 1. The summed E-state index contributed by atoms with van der Waals surface area (Å²) in [7, 11) is 0. The first-order chi connectivity index (χ1) is 13.0. The fourth-order valence-electron chi connectivity index (χ4n) is 2.91. The minimum atomic E-state index is -0.475. The van der Waals surface area contributed by atoms with Crippen LogP contribution in [0.1, 0.15) is 13.3 Å². The maximum absolute atomic E-state index is 12.3. The highest BCUT2D eigenvalue weighted by Gasteiger charge is 2.22. The lowest BCUT2D eigenvalue weighted by molar-refractivity contribution is -0.151. The van der Waals surface area contributed by atoms with Crippen LogP contribution in [-0.2, 0) is 20.8 Å². The van der Waals surface area contributed by atoms with E-state index in [2.05, 4.69) is 4.90 Å². The second-order valence-corrected chi connectivity index (χ2v) is 6.82. The zero-order chi connectivity index (χ0) is 19.2. The van der Waals surface area contributed by atoms with Gasteiger partial charge in [-0.25, -0.2) is 0 Å². The summed E-state index contributed by atoms with van der Waals surface area (Å²) in [6.45, 7) is 5.26. The van der Waals surface area contributed by atoms with E-state index >= 15 is 0 Å². The molecule has 1 atom stereocenters. The zero-order valence-corrected chi connectivity index (χ0v) is 16.0. The number of carbonyl (C=O) groups excluding carboxylic acids is 1. The van der Waals surface area contributed by atoms with Crippen molar-refractivity contribution in [2.24, 2.45) is 0 Å². The van der Waals surface area contributed by atoms with E-state index in [1.165, 1.54) is 10.8 Å². The van der Waals surface area contributed by atoms with Crippen LogP contribution in [0.3, 0.4) is 0 Å². The highest BCUT2D eigenvalue weighted by atomic mass is 35.5. The van der Waals surface area contributed by atoms with Crippen LogP contribution in [0.5, 0.6) is 0 Å². The summed E-state index contributed by atoms with van der Waals surface area (Å²) in [6, 6.07) is 8.47. The number of nitrogens with zero attached hydrogens (tertiary/aromatic N) is 2. The molecular weight excluding hydrogens is 372 g/mol. The molecule has 7 nitrogen and oxygen atoms in total. The Morgan fingerprint density at radius 3 is 2.59 bits per heavy atom. The Balaban J connectivity index is 1.74. The maximum Gasteiger partial charge on any atom is 0.305 e. The molecule has 0 radical (unpaired) electrons. The summed E-state index contributed by atoms with van der Waals surface area (Å²) >= 11 is 5.90. The van der Waals surface area contributed by atoms with E-state index < -0.39 is 6.10 Å². The van der Waals surface area contributed by atoms with Crippen molar-refractivity contribution >= 4 is 17.6 Å². The molecule has 0 N–H and O–H groups in total. The number of benzene rings is 1. The van der Waals surface area contributed by atoms with Crippen molar-refractivity contribution in [3.8, 4) is 11.3 Å². The summed E-state index contributed by atoms with van der Waals surface area (Å²) in [5.41, 5.74) is 0.477. The Kier molecular flexibility index (Phi) is 6.71. The monoisotopic (exact) mass is 394 g/mol. The van der Waals surface area contributed by atoms with E-state index in [4.69, 9.17) is 25.6 Å². The van der Waals surface area contributed by atoms with E-state index in [0.29, 0.717) is 30.5 Å². The van der Waals surface area contributed by atoms with Crippen molar-refractivity contribution in [1.82, 2.24) is 9.64 Å². The molecule has 0 aliphatic carbocycles. The molecule has 0 bridgehead atoms. The van der Waals surface area contributed by atoms with E-state index in [-0.39, 0.29) is 24.5 Å². The van der Waals surface area contributed by atoms with Gasteiger partial charge in [0.2, 0.25) is 0 Å². The normalized spacial score (nSPS) is 16.2. The maximum atomic E-state index is 12.3. The van der Waals surface area contributed by atoms with Crippen LogP contribution in [0.4, 0.5) is 0 Å². The lowest BCUT2D eigenvalue weighted by Crippen LogP contribution is -2.44. The predicted molar refractivity (Wildman–Crippen MR) is 101 cm³/mol. The van der Waals surface area contributed by atoms with Crippen molar-refractivity contribution in [3.05, 3.63) is 45.7 Å². The molecule has 1 saturated heterocycles. The highest BCUT2D eigenvalue weighted by molar-refractivity contribution is 6.30. The Hall–Kier alpha value is -2.09. The first-order valence-corrected chi connectivity index (χ1v) is 9.39. The molecule has 1 unspecified atom stereocenters. The highest BCUT2D eigenvalue weighted by Crippen LogP contribution is 2.20. The lowest BCUT2D eigenvalue weighted by atomic mass is 10.2. The van der Waals surface area contributed by atoms with E-state index in [1.54, 1.807) is 31.2 Å². The van der Waals surface area contributed by atoms with Gasteiger partial charge in [-0.15, -0.1) is 0 Å². The number of hydrogen-bond donors (Lipinski definition) is 0. The number of ether oxygens (including phenoxy) is 2. The Labute approximate surface area is 162 Å². The van der Waals surface area contributed by atoms with Crippen LogP contribution in [0.15, 0.2) is 39.6 Å². The molecule has 2 aromatic rings. The molecule has 1 aromatic heterocycles. The topological polar surface area (TPSA) is 73.9 Å². The van der Waals surface area contributed by atoms with Crippen LogP contribution in [-0.4, -0.2) is 54.6 Å². The van der Waals surface area contributed by atoms with Gasteiger partial charge in [-0.2, -0.15) is 4.74 Å². The van der Waals surface area contributed by atoms with Gasteiger partial charge in [-0.3, -0.25) is 14.5 Å². The molecule has 1 aliphatic rings. The van der Waals surface area contributed by atoms with Crippen molar-refractivity contribution in [2.45, 2.75) is 26.0 Å². The second-order valence-electron chi connectivity index (χ2n) is 6.38. The number of hydrogen-bond acceptors (Lipinski definition) is 6. The van der Waals surface area contributed by atoms with Gasteiger partial charge in [-0.1, -0.05) is 18.5 Å². The van der Waals surface area contributed by atoms with Gasteiger partial charge in [0, 0.05) is 36.6 Å². The van der Waals surface area contributed by atoms with Gasteiger partial charge in [0.15, 0.2) is 5.76 Å². The van der Waals surface area contributed by atoms with Gasteiger partial charge in [-0.05, 0) is 24.3 Å². The predicted octanol–water partition coefficient (Wildman–Crippen LogP) is 2.42. The van der Waals surface area contributed by atoms with Crippen LogP contribution >= 0.6 is 11.6 Å². The molecule has 146 valence electrons. The van der Waals surface area contributed by atoms with Crippen molar-refractivity contribution in [3.63, 3.8) is 0 Å². The minimum Gasteiger partial charge on any atom is -0.459 e. The third kappa shape index (κ3) is 5.45. The molecule has 0 amide bonds. The molecule has 0 saturated carbocycles. The van der Waals surface area contributed by atoms with Gasteiger partial charge >= 0.3 is 5.97 Å². The number of esters is 1. The molecule has 1 aliphatic heterocycles. The third-order valence-electron chi connectivity index (χ3n) is 4.36. The summed E-state index contributed by atoms with van der Waals surface area (Å²) in [5.74, 6) is 0.148. The van der Waals surface area contributed by atoms with Crippen LogP contribution in [0, 0.1) is 0 Å². The second kappa shape index (κ2) is 9.21. The standard InChI is InChI=1S/C19H23ClN2O5/c1-2-19(24)26-16(12-21-7-9-25-10-8-21)13-22-18(23)11-17(27-22)14-3-5-15(20)6-4-14/h3-6,11,16H,2,7-10,12-13H2,1H3. The Bertz CT molecular complexity index is 808. The Morgan fingerprint density at radius 1 is 1.22 bits per heavy atom. The van der Waals surface area contributed by atoms with Crippen molar-refractivity contribution in [2.75, 3.05) is 32.8 Å². The van der Waals surface area contributed by atoms with Crippen molar-refractivity contribution < 1.29 is 18.8 Å². The van der Waals surface area contributed by atoms with Crippen LogP contribution in [0.2, 0.25) is 5.02 Å². The van der Waals surface area contributed by atoms with Crippen LogP contribution in [0.25, 0.3) is 11.3 Å². The first kappa shape index (κ1) is 19.7. The number of halogens is 1. The summed E-state index contributed by atoms with van der Waals surface area (Å²) < 4.78 is 17.8. The Morgan fingerprint density at radius 2 is 1.93 bits per heavy atom. The fourth-order valence-corrected chi connectivity index (χ4v) is 3.04. The van der Waals surface area contributed by atoms with Gasteiger partial charge in [0.1, 0.15) is 6.10 Å². The summed E-state index contributed by atoms with van der Waals surface area (Å²) in [6.07, 6.45) is -0.194. The number of morpholine rings is 1. The molecule has 2 heterocycles. The van der Waals surface area contributed by atoms with Crippen molar-refractivity contribution in [1.29, 1.82) is 0 Å². The average Bonchev–Trinajstić information content (AvgIpc) is 3.03. The molecule has 0 spiro atoms. The quantitative estimate of drug-likeness (QED) is 0.671. The SMILES string of the molecule is CCC(=O)OC(CN1CCOCC1)Cn1oc(-c2ccc(Cl)cc2)cc1=O. The smallest absolute Gasteiger partial charge is 0.305 e. The number of rotatable bonds is 7. The molecule has 27 heavy (non-hydrogen) atoms. The molecule has 1 fully saturated rings. The zero-order valence-electron chi connectivity index (χ0n) is 15.2. The minimum absolute atomic E-state index is 0.162. The average molecular weight is 395 g/mol. The van der Waals surface area contributed by atoms with E-state index in [9.17, 15) is 9.59 Å². The third-order valence-corrected chi connectivity index (χ3v) is 4.61. The van der Waals surface area contributed by atoms with Crippen LogP contribution < -0.4 is 5.56 Å². The molecule has 8 heteroatoms. The summed E-state index contributed by atoms with van der Waals surface area (Å²) in [5, 5.41) is 0.609. The largest absolute Gasteiger partial charge is 0.459 e. The number of aromatic nitrogens is 1.